The molecule has 1 aromatic heterocycles. The summed E-state index contributed by atoms with van der Waals surface area (Å²) >= 11 is 1.47. The molecule has 40 heavy (non-hydrogen) atoms. The molecule has 4 saturated heterocycles. The first-order valence-corrected chi connectivity index (χ1v) is 14.8. The summed E-state index contributed by atoms with van der Waals surface area (Å²) in [5, 5.41) is 30.4. The van der Waals surface area contributed by atoms with E-state index in [1.165, 1.54) is 27.7 Å². The third-order valence-corrected chi connectivity index (χ3v) is 10.7. The van der Waals surface area contributed by atoms with Crippen molar-refractivity contribution < 1.29 is 24.3 Å². The summed E-state index contributed by atoms with van der Waals surface area (Å²) in [6, 6.07) is -1.12. The highest BCUT2D eigenvalue weighted by Gasteiger charge is 2.60. The van der Waals surface area contributed by atoms with Crippen LogP contribution in [-0.4, -0.2) is 115 Å². The minimum atomic E-state index is -1.13. The van der Waals surface area contributed by atoms with Crippen LogP contribution in [0.25, 0.3) is 0 Å². The van der Waals surface area contributed by atoms with Crippen LogP contribution >= 0.6 is 11.8 Å². The minimum absolute atomic E-state index is 0.0196. The molecule has 1 spiro atoms. The Morgan fingerprint density at radius 2 is 2.15 bits per heavy atom. The molecule has 15 heteroatoms. The summed E-state index contributed by atoms with van der Waals surface area (Å²) in [4.78, 5) is 55.3. The summed E-state index contributed by atoms with van der Waals surface area (Å²) in [6.07, 6.45) is 4.08. The lowest BCUT2D eigenvalue weighted by atomic mass is 9.78. The normalized spacial score (nSPS) is 34.0. The number of nitrogens with one attached hydrogen (secondary N) is 3. The van der Waals surface area contributed by atoms with E-state index in [0.29, 0.717) is 17.9 Å². The van der Waals surface area contributed by atoms with Gasteiger partial charge in [0.05, 0.1) is 18.0 Å². The van der Waals surface area contributed by atoms with Crippen molar-refractivity contribution in [1.82, 2.24) is 46.0 Å². The number of carboxylic acid groups (broad SMARTS) is 1. The maximum Gasteiger partial charge on any atom is 0.353 e. The highest BCUT2D eigenvalue weighted by molar-refractivity contribution is 8.03. The lowest BCUT2D eigenvalue weighted by Crippen LogP contribution is -2.66. The highest BCUT2D eigenvalue weighted by Crippen LogP contribution is 2.52. The van der Waals surface area contributed by atoms with Crippen LogP contribution in [0, 0.1) is 17.3 Å². The van der Waals surface area contributed by atoms with Crippen molar-refractivity contribution in [2.75, 3.05) is 32.7 Å². The maximum atomic E-state index is 13.3. The Hall–Kier alpha value is -3.04. The summed E-state index contributed by atoms with van der Waals surface area (Å²) in [5.74, 6) is -2.39. The topological polar surface area (TPSA) is 175 Å². The fourth-order valence-corrected chi connectivity index (χ4v) is 8.61. The number of nitrogens with zero attached hydrogens (tertiary/aromatic N) is 6. The van der Waals surface area contributed by atoms with Gasteiger partial charge in [-0.2, -0.15) is 0 Å². The Bertz CT molecular complexity index is 1230. The molecule has 1 unspecified atom stereocenters. The van der Waals surface area contributed by atoms with E-state index >= 15 is 0 Å². The molecular formula is C25H35N9O5S. The highest BCUT2D eigenvalue weighted by atomic mass is 32.2. The Labute approximate surface area is 235 Å². The first-order valence-electron chi connectivity index (χ1n) is 13.9. The number of hydrogen-bond acceptors (Lipinski definition) is 10. The van der Waals surface area contributed by atoms with Gasteiger partial charge in [-0.05, 0) is 43.2 Å². The van der Waals surface area contributed by atoms with Gasteiger partial charge < -0.3 is 30.9 Å². The fraction of sp³-hybridized carbons (Fsp3) is 0.720. The van der Waals surface area contributed by atoms with Gasteiger partial charge >= 0.3 is 5.97 Å². The number of rotatable bonds is 8. The number of thioether (sulfide) groups is 1. The van der Waals surface area contributed by atoms with Gasteiger partial charge in [-0.3, -0.25) is 14.4 Å². The van der Waals surface area contributed by atoms with Crippen LogP contribution in [0.15, 0.2) is 16.9 Å². The van der Waals surface area contributed by atoms with Crippen molar-refractivity contribution in [3.63, 3.8) is 0 Å². The Morgan fingerprint density at radius 1 is 1.32 bits per heavy atom. The van der Waals surface area contributed by atoms with Gasteiger partial charge in [0.1, 0.15) is 18.6 Å². The van der Waals surface area contributed by atoms with Crippen molar-refractivity contribution in [2.24, 2.45) is 17.3 Å². The van der Waals surface area contributed by atoms with Gasteiger partial charge in [0.15, 0.2) is 0 Å². The molecule has 5 aliphatic heterocycles. The average molecular weight is 574 g/mol. The van der Waals surface area contributed by atoms with Crippen LogP contribution in [0.1, 0.15) is 33.1 Å². The van der Waals surface area contributed by atoms with Crippen LogP contribution in [0.3, 0.4) is 0 Å². The average Bonchev–Trinajstić information content (AvgIpc) is 3.74. The third kappa shape index (κ3) is 4.67. The van der Waals surface area contributed by atoms with Crippen molar-refractivity contribution in [3.8, 4) is 0 Å². The molecule has 0 bridgehead atoms. The zero-order valence-corrected chi connectivity index (χ0v) is 23.4. The SMILES string of the molecule is C[C@@H](NC(=O)Cn1cnnn1)[C@H]1C(=O)N2C(C(=O)O)=C(S[C@@H]3CN[C@H](C(=O)N4CCC5(CCNC5)C4)C3)[C@H](C)[C@H]12. The molecule has 0 aromatic carbocycles. The number of carboxylic acids is 1. The second-order valence-corrected chi connectivity index (χ2v) is 13.1. The molecule has 4 N–H and O–H groups in total. The van der Waals surface area contributed by atoms with Crippen LogP contribution in [0.4, 0.5) is 0 Å². The Balaban J connectivity index is 1.08. The summed E-state index contributed by atoms with van der Waals surface area (Å²) in [7, 11) is 0. The molecule has 6 rings (SSSR count). The number of β-lactam (4-membered cyclic amide) rings is 1. The van der Waals surface area contributed by atoms with E-state index < -0.39 is 17.9 Å². The monoisotopic (exact) mass is 573 g/mol. The predicted octanol–water partition coefficient (Wildman–Crippen LogP) is -1.37. The van der Waals surface area contributed by atoms with Crippen molar-refractivity contribution in [2.45, 2.75) is 63.0 Å². The quantitative estimate of drug-likeness (QED) is 0.270. The van der Waals surface area contributed by atoms with Gasteiger partial charge in [0, 0.05) is 53.7 Å². The van der Waals surface area contributed by atoms with Gasteiger partial charge in [-0.25, -0.2) is 9.48 Å². The number of amides is 3. The number of aliphatic carboxylic acids is 1. The second kappa shape index (κ2) is 10.4. The van der Waals surface area contributed by atoms with Crippen molar-refractivity contribution in [1.29, 1.82) is 0 Å². The lowest BCUT2D eigenvalue weighted by Gasteiger charge is -2.47. The van der Waals surface area contributed by atoms with E-state index in [0.717, 1.165) is 39.0 Å². The van der Waals surface area contributed by atoms with Crippen LogP contribution in [0.5, 0.6) is 0 Å². The summed E-state index contributed by atoms with van der Waals surface area (Å²) in [6.45, 7) is 7.77. The molecule has 3 amide bonds. The van der Waals surface area contributed by atoms with E-state index in [-0.39, 0.29) is 58.6 Å². The summed E-state index contributed by atoms with van der Waals surface area (Å²) in [5.41, 5.74) is 0.241. The lowest BCUT2D eigenvalue weighted by molar-refractivity contribution is -0.158. The van der Waals surface area contributed by atoms with Crippen LogP contribution < -0.4 is 16.0 Å². The van der Waals surface area contributed by atoms with Crippen molar-refractivity contribution >= 4 is 35.5 Å². The molecule has 14 nitrogen and oxygen atoms in total. The fourth-order valence-electron chi connectivity index (χ4n) is 7.13. The van der Waals surface area contributed by atoms with Crippen molar-refractivity contribution in [3.05, 3.63) is 16.9 Å². The minimum Gasteiger partial charge on any atom is -0.477 e. The van der Waals surface area contributed by atoms with Gasteiger partial charge in [0.25, 0.3) is 0 Å². The number of carbonyl (C=O) groups excluding carboxylic acids is 3. The largest absolute Gasteiger partial charge is 0.477 e. The molecule has 0 radical (unpaired) electrons. The zero-order valence-electron chi connectivity index (χ0n) is 22.6. The molecule has 5 aliphatic rings. The van der Waals surface area contributed by atoms with Crippen LogP contribution in [-0.2, 0) is 25.7 Å². The number of carbonyl (C=O) groups is 4. The van der Waals surface area contributed by atoms with E-state index in [1.807, 2.05) is 11.8 Å². The number of aromatic nitrogens is 4. The summed E-state index contributed by atoms with van der Waals surface area (Å²) < 4.78 is 1.29. The second-order valence-electron chi connectivity index (χ2n) is 11.8. The predicted molar refractivity (Wildman–Crippen MR) is 142 cm³/mol. The van der Waals surface area contributed by atoms with Gasteiger partial charge in [0.2, 0.25) is 17.7 Å². The Kier molecular flexibility index (Phi) is 7.07. The van der Waals surface area contributed by atoms with E-state index in [2.05, 4.69) is 31.5 Å². The Morgan fingerprint density at radius 3 is 2.85 bits per heavy atom. The standard InChI is InChI=1S/C25H35N9O5S/c1-13-19-18(14(2)29-17(35)9-33-12-28-30-31-33)23(37)34(19)20(24(38)39)21(13)40-15-7-16(27-8-15)22(36)32-6-4-25(11-32)3-5-26-10-25/h12-16,18-19,26-27H,3-11H2,1-2H3,(H,29,35)(H,38,39)/t13-,14-,15+,16+,18-,19-,25?/m1/s1. The number of likely N-dealkylation sites (tertiary alicyclic amines) is 1. The first-order chi connectivity index (χ1) is 19.2. The molecule has 7 atom stereocenters. The third-order valence-electron chi connectivity index (χ3n) is 9.18. The molecule has 6 heterocycles. The smallest absolute Gasteiger partial charge is 0.353 e. The van der Waals surface area contributed by atoms with Gasteiger partial charge in [-0.15, -0.1) is 16.9 Å². The molecule has 216 valence electrons. The van der Waals surface area contributed by atoms with E-state index in [1.54, 1.807) is 6.92 Å². The number of tetrazole rings is 1. The van der Waals surface area contributed by atoms with E-state index in [9.17, 15) is 24.3 Å². The maximum absolute atomic E-state index is 13.3. The molecule has 4 fully saturated rings. The van der Waals surface area contributed by atoms with Gasteiger partial charge in [-0.1, -0.05) is 6.92 Å². The number of fused-ring (bicyclic) bond motifs is 1. The number of hydrogen-bond donors (Lipinski definition) is 4. The molecular weight excluding hydrogens is 538 g/mol. The molecule has 0 aliphatic carbocycles. The van der Waals surface area contributed by atoms with Crippen LogP contribution in [0.2, 0.25) is 0 Å². The first kappa shape index (κ1) is 27.1. The zero-order chi connectivity index (χ0) is 28.2. The molecule has 1 aromatic rings. The van der Waals surface area contributed by atoms with E-state index in [4.69, 9.17) is 0 Å². The molecule has 0 saturated carbocycles.